The highest BCUT2D eigenvalue weighted by atomic mass is 16.4. The van der Waals surface area contributed by atoms with Gasteiger partial charge in [0.15, 0.2) is 0 Å². The number of aromatic nitrogens is 4. The Bertz CT molecular complexity index is 1260. The molecular formula is C23H21N7O. The van der Waals surface area contributed by atoms with Crippen LogP contribution in [-0.2, 0) is 0 Å². The number of piperazine rings is 1. The standard InChI is InChI=1S/C23H21N7O/c1-15-28-29-23(31-15)18-4-2-3-16(11-18)20-12-17(5-6-26-20)21-13-19(14-24)22(27-21)30-9-7-25-8-10-30/h2-6,11-13,25,27H,7-10H2,1H3. The number of aromatic amines is 1. The van der Waals surface area contributed by atoms with Crippen LogP contribution in [0.2, 0.25) is 0 Å². The summed E-state index contributed by atoms with van der Waals surface area (Å²) in [5.74, 6) is 1.89. The summed E-state index contributed by atoms with van der Waals surface area (Å²) in [5.41, 5.74) is 5.15. The fraction of sp³-hybridized carbons (Fsp3) is 0.217. The Hall–Kier alpha value is -3.96. The minimum atomic E-state index is 0.485. The van der Waals surface area contributed by atoms with Crippen molar-refractivity contribution in [1.82, 2.24) is 25.5 Å². The quantitative estimate of drug-likeness (QED) is 0.530. The number of benzene rings is 1. The lowest BCUT2D eigenvalue weighted by Gasteiger charge is -2.28. The molecule has 0 unspecified atom stereocenters. The largest absolute Gasteiger partial charge is 0.421 e. The van der Waals surface area contributed by atoms with E-state index in [9.17, 15) is 5.26 Å². The number of aryl methyl sites for hydroxylation is 1. The second-order valence-corrected chi connectivity index (χ2v) is 7.43. The van der Waals surface area contributed by atoms with Crippen LogP contribution in [0.4, 0.5) is 5.82 Å². The van der Waals surface area contributed by atoms with Crippen LogP contribution in [0.1, 0.15) is 11.5 Å². The minimum Gasteiger partial charge on any atom is -0.421 e. The number of anilines is 1. The Morgan fingerprint density at radius 1 is 1.03 bits per heavy atom. The first-order chi connectivity index (χ1) is 15.2. The summed E-state index contributed by atoms with van der Waals surface area (Å²) in [4.78, 5) is 10.2. The molecule has 2 N–H and O–H groups in total. The molecule has 0 radical (unpaired) electrons. The fourth-order valence-corrected chi connectivity index (χ4v) is 3.80. The molecule has 5 rings (SSSR count). The van der Waals surface area contributed by atoms with E-state index in [4.69, 9.17) is 4.42 Å². The van der Waals surface area contributed by atoms with Crippen molar-refractivity contribution >= 4 is 5.82 Å². The molecule has 4 heterocycles. The van der Waals surface area contributed by atoms with Gasteiger partial charge in [-0.3, -0.25) is 4.98 Å². The van der Waals surface area contributed by atoms with Gasteiger partial charge in [-0.25, -0.2) is 0 Å². The van der Waals surface area contributed by atoms with Crippen LogP contribution in [0.5, 0.6) is 0 Å². The number of nitrogens with one attached hydrogen (secondary N) is 2. The maximum absolute atomic E-state index is 9.64. The number of hydrogen-bond acceptors (Lipinski definition) is 7. The Morgan fingerprint density at radius 3 is 2.65 bits per heavy atom. The van der Waals surface area contributed by atoms with Crippen LogP contribution in [0, 0.1) is 18.3 Å². The summed E-state index contributed by atoms with van der Waals surface area (Å²) >= 11 is 0. The van der Waals surface area contributed by atoms with Crippen molar-refractivity contribution in [2.24, 2.45) is 0 Å². The molecule has 1 saturated heterocycles. The molecule has 0 saturated carbocycles. The summed E-state index contributed by atoms with van der Waals surface area (Å²) in [7, 11) is 0. The van der Waals surface area contributed by atoms with Gasteiger partial charge in [0.2, 0.25) is 11.8 Å². The Morgan fingerprint density at radius 2 is 1.87 bits per heavy atom. The van der Waals surface area contributed by atoms with Crippen molar-refractivity contribution in [3.8, 4) is 40.0 Å². The van der Waals surface area contributed by atoms with Gasteiger partial charge in [0.05, 0.1) is 11.3 Å². The number of H-pyrrole nitrogens is 1. The first kappa shape index (κ1) is 19.0. The Labute approximate surface area is 179 Å². The average molecular weight is 411 g/mol. The molecule has 1 fully saturated rings. The smallest absolute Gasteiger partial charge is 0.247 e. The van der Waals surface area contributed by atoms with Crippen LogP contribution < -0.4 is 10.2 Å². The second-order valence-electron chi connectivity index (χ2n) is 7.43. The highest BCUT2D eigenvalue weighted by Crippen LogP contribution is 2.30. The zero-order valence-electron chi connectivity index (χ0n) is 17.1. The van der Waals surface area contributed by atoms with E-state index >= 15 is 0 Å². The van der Waals surface area contributed by atoms with Gasteiger partial charge in [-0.05, 0) is 30.3 Å². The molecule has 1 aromatic carbocycles. The lowest BCUT2D eigenvalue weighted by molar-refractivity contribution is 0.533. The predicted octanol–water partition coefficient (Wildman–Crippen LogP) is 3.38. The molecule has 31 heavy (non-hydrogen) atoms. The van der Waals surface area contributed by atoms with E-state index in [-0.39, 0.29) is 0 Å². The van der Waals surface area contributed by atoms with E-state index in [1.54, 1.807) is 13.1 Å². The molecule has 4 aromatic rings. The monoisotopic (exact) mass is 411 g/mol. The molecule has 0 atom stereocenters. The van der Waals surface area contributed by atoms with E-state index in [1.807, 2.05) is 42.5 Å². The zero-order valence-corrected chi connectivity index (χ0v) is 17.1. The fourth-order valence-electron chi connectivity index (χ4n) is 3.80. The van der Waals surface area contributed by atoms with Crippen molar-refractivity contribution in [3.05, 3.63) is 60.1 Å². The molecule has 8 nitrogen and oxygen atoms in total. The van der Waals surface area contributed by atoms with Gasteiger partial charge in [-0.1, -0.05) is 12.1 Å². The van der Waals surface area contributed by atoms with Gasteiger partial charge >= 0.3 is 0 Å². The summed E-state index contributed by atoms with van der Waals surface area (Å²) in [6, 6.07) is 16.1. The lowest BCUT2D eigenvalue weighted by atomic mass is 10.0. The lowest BCUT2D eigenvalue weighted by Crippen LogP contribution is -2.44. The van der Waals surface area contributed by atoms with Crippen LogP contribution in [0.15, 0.2) is 53.1 Å². The number of nitrogens with zero attached hydrogens (tertiary/aromatic N) is 5. The molecule has 3 aromatic heterocycles. The number of pyridine rings is 1. The van der Waals surface area contributed by atoms with Gasteiger partial charge in [-0.2, -0.15) is 5.26 Å². The van der Waals surface area contributed by atoms with Crippen molar-refractivity contribution in [2.45, 2.75) is 6.92 Å². The number of rotatable bonds is 4. The third-order valence-electron chi connectivity index (χ3n) is 5.35. The van der Waals surface area contributed by atoms with Crippen LogP contribution in [0.3, 0.4) is 0 Å². The van der Waals surface area contributed by atoms with Gasteiger partial charge in [0.25, 0.3) is 0 Å². The summed E-state index contributed by atoms with van der Waals surface area (Å²) in [5, 5.41) is 21.0. The maximum Gasteiger partial charge on any atom is 0.247 e. The number of hydrogen-bond donors (Lipinski definition) is 2. The summed E-state index contributed by atoms with van der Waals surface area (Å²) in [6.07, 6.45) is 1.78. The number of nitriles is 1. The van der Waals surface area contributed by atoms with Crippen LogP contribution >= 0.6 is 0 Å². The van der Waals surface area contributed by atoms with Crippen molar-refractivity contribution in [1.29, 1.82) is 5.26 Å². The first-order valence-corrected chi connectivity index (χ1v) is 10.2. The second kappa shape index (κ2) is 8.05. The average Bonchev–Trinajstić information content (AvgIpc) is 3.46. The van der Waals surface area contributed by atoms with E-state index in [0.717, 1.165) is 60.1 Å². The van der Waals surface area contributed by atoms with Gasteiger partial charge in [0.1, 0.15) is 11.9 Å². The summed E-state index contributed by atoms with van der Waals surface area (Å²) in [6.45, 7) is 5.34. The van der Waals surface area contributed by atoms with Gasteiger partial charge in [-0.15, -0.1) is 10.2 Å². The third-order valence-corrected chi connectivity index (χ3v) is 5.35. The first-order valence-electron chi connectivity index (χ1n) is 10.2. The highest BCUT2D eigenvalue weighted by Gasteiger charge is 2.18. The molecule has 0 spiro atoms. The van der Waals surface area contributed by atoms with Crippen molar-refractivity contribution < 1.29 is 4.42 Å². The third kappa shape index (κ3) is 3.79. The molecule has 1 aliphatic rings. The topological polar surface area (TPSA) is 107 Å². The molecule has 8 heteroatoms. The maximum atomic E-state index is 9.64. The van der Waals surface area contributed by atoms with Crippen LogP contribution in [-0.4, -0.2) is 46.3 Å². The normalized spacial score (nSPS) is 13.9. The minimum absolute atomic E-state index is 0.485. The highest BCUT2D eigenvalue weighted by molar-refractivity contribution is 5.74. The molecule has 0 bridgehead atoms. The van der Waals surface area contributed by atoms with E-state index in [2.05, 4.69) is 36.5 Å². The molecular weight excluding hydrogens is 390 g/mol. The Kier molecular flexibility index (Phi) is 4.94. The van der Waals surface area contributed by atoms with Crippen molar-refractivity contribution in [2.75, 3.05) is 31.1 Å². The van der Waals surface area contributed by atoms with Crippen LogP contribution in [0.25, 0.3) is 34.0 Å². The predicted molar refractivity (Wildman–Crippen MR) is 117 cm³/mol. The molecule has 0 aliphatic carbocycles. The van der Waals surface area contributed by atoms with Crippen molar-refractivity contribution in [3.63, 3.8) is 0 Å². The molecule has 0 amide bonds. The van der Waals surface area contributed by atoms with Gasteiger partial charge in [0, 0.05) is 61.7 Å². The van der Waals surface area contributed by atoms with E-state index in [0.29, 0.717) is 17.3 Å². The van der Waals surface area contributed by atoms with E-state index in [1.165, 1.54) is 0 Å². The SMILES string of the molecule is Cc1nnc(-c2cccc(-c3cc(-c4cc(C#N)c(N5CCNCC5)[nH]4)ccn3)c2)o1. The zero-order chi connectivity index (χ0) is 21.2. The Balaban J connectivity index is 1.49. The molecule has 154 valence electrons. The molecule has 1 aliphatic heterocycles. The van der Waals surface area contributed by atoms with Gasteiger partial charge < -0.3 is 19.6 Å². The van der Waals surface area contributed by atoms with E-state index < -0.39 is 0 Å². The summed E-state index contributed by atoms with van der Waals surface area (Å²) < 4.78 is 5.55.